The Kier molecular flexibility index (Phi) is 2.71. The molecule has 0 aliphatic heterocycles. The molecule has 2 nitrogen and oxygen atoms in total. The number of nitrogens with two attached hydrogens (primary N) is 1. The molecular weight excluding hydrogens is 150 g/mol. The SMILES string of the molecule is CCC(N)c1ccc(O)c(C)c1. The first-order valence-corrected chi connectivity index (χ1v) is 4.20. The van der Waals surface area contributed by atoms with Gasteiger partial charge in [-0.1, -0.05) is 19.1 Å². The zero-order valence-electron chi connectivity index (χ0n) is 7.54. The lowest BCUT2D eigenvalue weighted by Crippen LogP contribution is -2.08. The minimum atomic E-state index is 0.0873. The van der Waals surface area contributed by atoms with Crippen LogP contribution in [0.1, 0.15) is 30.5 Å². The van der Waals surface area contributed by atoms with Gasteiger partial charge in [0, 0.05) is 6.04 Å². The van der Waals surface area contributed by atoms with Crippen LogP contribution in [0.2, 0.25) is 0 Å². The lowest BCUT2D eigenvalue weighted by Gasteiger charge is -2.10. The van der Waals surface area contributed by atoms with Gasteiger partial charge in [0.05, 0.1) is 0 Å². The van der Waals surface area contributed by atoms with E-state index in [1.54, 1.807) is 6.07 Å². The number of hydrogen-bond acceptors (Lipinski definition) is 2. The monoisotopic (exact) mass is 165 g/mol. The van der Waals surface area contributed by atoms with Crippen molar-refractivity contribution in [2.24, 2.45) is 5.73 Å². The van der Waals surface area contributed by atoms with Gasteiger partial charge in [-0.15, -0.1) is 0 Å². The maximum atomic E-state index is 9.26. The fourth-order valence-corrected chi connectivity index (χ4v) is 1.14. The average Bonchev–Trinajstić information content (AvgIpc) is 2.08. The van der Waals surface area contributed by atoms with Gasteiger partial charge in [0.1, 0.15) is 5.75 Å². The van der Waals surface area contributed by atoms with Crippen molar-refractivity contribution in [1.29, 1.82) is 0 Å². The van der Waals surface area contributed by atoms with Gasteiger partial charge < -0.3 is 10.8 Å². The number of benzene rings is 1. The van der Waals surface area contributed by atoms with Crippen molar-refractivity contribution >= 4 is 0 Å². The Balaban J connectivity index is 2.96. The summed E-state index contributed by atoms with van der Waals surface area (Å²) >= 11 is 0. The molecular formula is C10H15NO. The third-order valence-electron chi connectivity index (χ3n) is 2.09. The van der Waals surface area contributed by atoms with E-state index in [2.05, 4.69) is 0 Å². The Labute approximate surface area is 73.0 Å². The molecule has 0 aliphatic carbocycles. The van der Waals surface area contributed by atoms with E-state index in [4.69, 9.17) is 5.73 Å². The number of aryl methyl sites for hydroxylation is 1. The summed E-state index contributed by atoms with van der Waals surface area (Å²) < 4.78 is 0. The lowest BCUT2D eigenvalue weighted by atomic mass is 10.0. The Morgan fingerprint density at radius 2 is 2.17 bits per heavy atom. The maximum absolute atomic E-state index is 9.26. The minimum Gasteiger partial charge on any atom is -0.508 e. The normalized spacial score (nSPS) is 12.9. The molecule has 66 valence electrons. The number of phenolic OH excluding ortho intramolecular Hbond substituents is 1. The van der Waals surface area contributed by atoms with Crippen LogP contribution in [0.15, 0.2) is 18.2 Å². The second kappa shape index (κ2) is 3.59. The van der Waals surface area contributed by atoms with E-state index in [9.17, 15) is 5.11 Å². The van der Waals surface area contributed by atoms with Gasteiger partial charge in [-0.3, -0.25) is 0 Å². The van der Waals surface area contributed by atoms with E-state index in [0.717, 1.165) is 17.5 Å². The Morgan fingerprint density at radius 3 is 2.67 bits per heavy atom. The standard InChI is InChI=1S/C10H15NO/c1-3-9(11)8-4-5-10(12)7(2)6-8/h4-6,9,12H,3,11H2,1-2H3. The third kappa shape index (κ3) is 1.77. The molecule has 3 N–H and O–H groups in total. The molecule has 0 radical (unpaired) electrons. The van der Waals surface area contributed by atoms with Crippen molar-refractivity contribution < 1.29 is 5.11 Å². The summed E-state index contributed by atoms with van der Waals surface area (Å²) in [6, 6.07) is 5.59. The molecule has 2 heteroatoms. The molecule has 0 fully saturated rings. The molecule has 1 rings (SSSR count). The van der Waals surface area contributed by atoms with E-state index in [1.807, 2.05) is 26.0 Å². The quantitative estimate of drug-likeness (QED) is 0.705. The van der Waals surface area contributed by atoms with Gasteiger partial charge in [0.25, 0.3) is 0 Å². The first-order valence-electron chi connectivity index (χ1n) is 4.20. The highest BCUT2D eigenvalue weighted by Crippen LogP contribution is 2.21. The first-order chi connectivity index (χ1) is 5.65. The summed E-state index contributed by atoms with van der Waals surface area (Å²) in [6.45, 7) is 3.92. The summed E-state index contributed by atoms with van der Waals surface area (Å²) in [6.07, 6.45) is 0.921. The zero-order chi connectivity index (χ0) is 9.14. The summed E-state index contributed by atoms with van der Waals surface area (Å²) in [4.78, 5) is 0. The predicted molar refractivity (Wildman–Crippen MR) is 50.1 cm³/mol. The molecule has 1 atom stereocenters. The third-order valence-corrected chi connectivity index (χ3v) is 2.09. The molecule has 0 aliphatic rings. The van der Waals surface area contributed by atoms with Gasteiger partial charge in [0.15, 0.2) is 0 Å². The minimum absolute atomic E-state index is 0.0873. The highest BCUT2D eigenvalue weighted by atomic mass is 16.3. The summed E-state index contributed by atoms with van der Waals surface area (Å²) in [5.74, 6) is 0.335. The topological polar surface area (TPSA) is 46.2 Å². The van der Waals surface area contributed by atoms with Crippen molar-refractivity contribution in [3.05, 3.63) is 29.3 Å². The van der Waals surface area contributed by atoms with Gasteiger partial charge >= 0.3 is 0 Å². The smallest absolute Gasteiger partial charge is 0.118 e. The Hall–Kier alpha value is -1.02. The van der Waals surface area contributed by atoms with Crippen LogP contribution < -0.4 is 5.73 Å². The van der Waals surface area contributed by atoms with E-state index < -0.39 is 0 Å². The largest absolute Gasteiger partial charge is 0.508 e. The van der Waals surface area contributed by atoms with Crippen LogP contribution in [0.4, 0.5) is 0 Å². The van der Waals surface area contributed by atoms with E-state index >= 15 is 0 Å². The second-order valence-corrected chi connectivity index (χ2v) is 3.06. The second-order valence-electron chi connectivity index (χ2n) is 3.06. The molecule has 1 aromatic rings. The van der Waals surface area contributed by atoms with Crippen LogP contribution in [-0.2, 0) is 0 Å². The predicted octanol–water partition coefficient (Wildman–Crippen LogP) is 2.11. The molecule has 12 heavy (non-hydrogen) atoms. The fraction of sp³-hybridized carbons (Fsp3) is 0.400. The Morgan fingerprint density at radius 1 is 1.50 bits per heavy atom. The van der Waals surface area contributed by atoms with E-state index in [-0.39, 0.29) is 6.04 Å². The van der Waals surface area contributed by atoms with Crippen molar-refractivity contribution in [2.45, 2.75) is 26.3 Å². The van der Waals surface area contributed by atoms with Crippen molar-refractivity contribution in [3.63, 3.8) is 0 Å². The van der Waals surface area contributed by atoms with Gasteiger partial charge in [-0.25, -0.2) is 0 Å². The van der Waals surface area contributed by atoms with Crippen LogP contribution in [0.25, 0.3) is 0 Å². The zero-order valence-corrected chi connectivity index (χ0v) is 7.54. The van der Waals surface area contributed by atoms with E-state index in [0.29, 0.717) is 5.75 Å². The molecule has 0 amide bonds. The Bertz CT molecular complexity index is 271. The molecule has 0 aromatic heterocycles. The van der Waals surface area contributed by atoms with Crippen LogP contribution in [0.5, 0.6) is 5.75 Å². The molecule has 0 saturated heterocycles. The first kappa shape index (κ1) is 9.07. The molecule has 0 spiro atoms. The van der Waals surface area contributed by atoms with Crippen LogP contribution >= 0.6 is 0 Å². The van der Waals surface area contributed by atoms with Crippen molar-refractivity contribution in [2.75, 3.05) is 0 Å². The van der Waals surface area contributed by atoms with Crippen LogP contribution in [0.3, 0.4) is 0 Å². The molecule has 0 bridgehead atoms. The number of aromatic hydroxyl groups is 1. The van der Waals surface area contributed by atoms with Crippen LogP contribution in [0, 0.1) is 6.92 Å². The van der Waals surface area contributed by atoms with Gasteiger partial charge in [0.2, 0.25) is 0 Å². The lowest BCUT2D eigenvalue weighted by molar-refractivity contribution is 0.470. The highest BCUT2D eigenvalue weighted by molar-refractivity contribution is 5.36. The fourth-order valence-electron chi connectivity index (χ4n) is 1.14. The molecule has 1 unspecified atom stereocenters. The van der Waals surface area contributed by atoms with E-state index in [1.165, 1.54) is 0 Å². The summed E-state index contributed by atoms with van der Waals surface area (Å²) in [5.41, 5.74) is 7.81. The number of rotatable bonds is 2. The average molecular weight is 165 g/mol. The summed E-state index contributed by atoms with van der Waals surface area (Å²) in [5, 5.41) is 9.26. The highest BCUT2D eigenvalue weighted by Gasteiger charge is 2.04. The van der Waals surface area contributed by atoms with Crippen molar-refractivity contribution in [1.82, 2.24) is 0 Å². The van der Waals surface area contributed by atoms with Gasteiger partial charge in [-0.2, -0.15) is 0 Å². The molecule has 1 aromatic carbocycles. The number of phenols is 1. The van der Waals surface area contributed by atoms with Crippen molar-refractivity contribution in [3.8, 4) is 5.75 Å². The number of hydrogen-bond donors (Lipinski definition) is 2. The molecule has 0 saturated carbocycles. The van der Waals surface area contributed by atoms with Gasteiger partial charge in [-0.05, 0) is 30.5 Å². The van der Waals surface area contributed by atoms with Crippen LogP contribution in [-0.4, -0.2) is 5.11 Å². The summed E-state index contributed by atoms with van der Waals surface area (Å²) in [7, 11) is 0. The molecule has 0 heterocycles. The maximum Gasteiger partial charge on any atom is 0.118 e.